The van der Waals surface area contributed by atoms with Crippen LogP contribution >= 0.6 is 0 Å². The Morgan fingerprint density at radius 2 is 1.81 bits per heavy atom. The summed E-state index contributed by atoms with van der Waals surface area (Å²) in [6, 6.07) is 7.20. The Hall–Kier alpha value is -2.89. The van der Waals surface area contributed by atoms with E-state index in [4.69, 9.17) is 18.6 Å². The molecule has 2 aromatic rings. The molecule has 1 N–H and O–H groups in total. The number of carbonyl (C=O) groups excluding carboxylic acids is 1. The van der Waals surface area contributed by atoms with Crippen LogP contribution < -0.4 is 19.5 Å². The second-order valence-corrected chi connectivity index (χ2v) is 6.30. The fourth-order valence-electron chi connectivity index (χ4n) is 2.87. The predicted octanol–water partition coefficient (Wildman–Crippen LogP) is 4.08. The van der Waals surface area contributed by atoms with Crippen LogP contribution in [0, 0.1) is 5.92 Å². The van der Waals surface area contributed by atoms with Gasteiger partial charge in [-0.1, -0.05) is 6.92 Å². The Morgan fingerprint density at radius 3 is 2.35 bits per heavy atom. The molecular formula is C20H23NO5. The van der Waals surface area contributed by atoms with Crippen LogP contribution in [-0.2, 0) is 4.79 Å². The van der Waals surface area contributed by atoms with E-state index in [1.54, 1.807) is 18.2 Å². The minimum atomic E-state index is -0.281. The van der Waals surface area contributed by atoms with Crippen molar-refractivity contribution < 1.29 is 23.4 Å². The van der Waals surface area contributed by atoms with E-state index >= 15 is 0 Å². The molecule has 1 aromatic carbocycles. The Kier molecular flexibility index (Phi) is 5.21. The molecule has 0 saturated heterocycles. The first-order valence-electron chi connectivity index (χ1n) is 8.44. The number of methoxy groups -OCH3 is 3. The molecule has 1 aliphatic carbocycles. The van der Waals surface area contributed by atoms with Crippen LogP contribution in [0.3, 0.4) is 0 Å². The third kappa shape index (κ3) is 3.85. The fourth-order valence-corrected chi connectivity index (χ4v) is 2.87. The molecule has 1 fully saturated rings. The van der Waals surface area contributed by atoms with Gasteiger partial charge in [0.2, 0.25) is 11.7 Å². The van der Waals surface area contributed by atoms with Crippen LogP contribution in [0.2, 0.25) is 0 Å². The van der Waals surface area contributed by atoms with E-state index in [0.717, 1.165) is 12.2 Å². The maximum atomic E-state index is 12.2. The zero-order valence-corrected chi connectivity index (χ0v) is 15.4. The number of anilines is 1. The zero-order chi connectivity index (χ0) is 18.7. The molecule has 26 heavy (non-hydrogen) atoms. The molecule has 6 nitrogen and oxygen atoms in total. The third-order valence-electron chi connectivity index (χ3n) is 4.45. The molecule has 1 aromatic heterocycles. The van der Waals surface area contributed by atoms with Gasteiger partial charge in [-0.25, -0.2) is 0 Å². The van der Waals surface area contributed by atoms with Gasteiger partial charge < -0.3 is 23.9 Å². The summed E-state index contributed by atoms with van der Waals surface area (Å²) in [7, 11) is 4.58. The molecule has 0 radical (unpaired) electrons. The molecule has 1 saturated carbocycles. The van der Waals surface area contributed by atoms with E-state index < -0.39 is 0 Å². The number of ether oxygens (including phenoxy) is 3. The average Bonchev–Trinajstić information content (AvgIpc) is 3.18. The summed E-state index contributed by atoms with van der Waals surface area (Å²) in [5.41, 5.74) is 0.543. The highest BCUT2D eigenvalue weighted by atomic mass is 16.5. The Bertz CT molecular complexity index is 798. The van der Waals surface area contributed by atoms with E-state index in [1.807, 2.05) is 12.1 Å². The number of amides is 1. The minimum absolute atomic E-state index is 0.281. The number of benzene rings is 1. The molecule has 1 aliphatic rings. The molecule has 0 bridgehead atoms. The fraction of sp³-hybridized carbons (Fsp3) is 0.350. The van der Waals surface area contributed by atoms with Gasteiger partial charge in [0, 0.05) is 29.8 Å². The molecule has 138 valence electrons. The quantitative estimate of drug-likeness (QED) is 0.756. The summed E-state index contributed by atoms with van der Waals surface area (Å²) in [4.78, 5) is 12.2. The summed E-state index contributed by atoms with van der Waals surface area (Å²) in [5.74, 6) is 3.99. The Morgan fingerprint density at radius 1 is 1.15 bits per heavy atom. The normalized spacial score (nSPS) is 18.6. The van der Waals surface area contributed by atoms with Gasteiger partial charge in [0.05, 0.1) is 21.3 Å². The van der Waals surface area contributed by atoms with Gasteiger partial charge in [0.15, 0.2) is 11.5 Å². The third-order valence-corrected chi connectivity index (χ3v) is 4.45. The Labute approximate surface area is 152 Å². The molecule has 0 spiro atoms. The van der Waals surface area contributed by atoms with Crippen molar-refractivity contribution >= 4 is 17.7 Å². The van der Waals surface area contributed by atoms with Crippen molar-refractivity contribution in [2.24, 2.45) is 5.92 Å². The van der Waals surface area contributed by atoms with Crippen molar-refractivity contribution in [3.05, 3.63) is 41.9 Å². The van der Waals surface area contributed by atoms with Crippen LogP contribution in [0.4, 0.5) is 5.69 Å². The molecule has 3 rings (SSSR count). The van der Waals surface area contributed by atoms with E-state index in [2.05, 4.69) is 12.2 Å². The lowest BCUT2D eigenvalue weighted by molar-refractivity contribution is -0.111. The lowest BCUT2D eigenvalue weighted by atomic mass is 10.2. The number of rotatable bonds is 7. The van der Waals surface area contributed by atoms with E-state index in [9.17, 15) is 4.79 Å². The molecule has 2 atom stereocenters. The van der Waals surface area contributed by atoms with Crippen LogP contribution in [0.5, 0.6) is 17.2 Å². The summed E-state index contributed by atoms with van der Waals surface area (Å²) >= 11 is 0. The molecule has 6 heteroatoms. The van der Waals surface area contributed by atoms with Gasteiger partial charge in [0.25, 0.3) is 0 Å². The number of hydrogen-bond acceptors (Lipinski definition) is 5. The smallest absolute Gasteiger partial charge is 0.248 e. The minimum Gasteiger partial charge on any atom is -0.493 e. The summed E-state index contributed by atoms with van der Waals surface area (Å²) in [6.07, 6.45) is 4.25. The molecule has 0 aliphatic heterocycles. The van der Waals surface area contributed by atoms with Crippen LogP contribution in [0.1, 0.15) is 30.8 Å². The van der Waals surface area contributed by atoms with Crippen molar-refractivity contribution in [2.45, 2.75) is 19.3 Å². The monoisotopic (exact) mass is 357 g/mol. The zero-order valence-electron chi connectivity index (χ0n) is 15.4. The second kappa shape index (κ2) is 7.56. The molecule has 2 unspecified atom stereocenters. The number of furan rings is 1. The van der Waals surface area contributed by atoms with Crippen LogP contribution in [0.15, 0.2) is 34.8 Å². The van der Waals surface area contributed by atoms with Crippen LogP contribution in [-0.4, -0.2) is 27.2 Å². The Balaban J connectivity index is 1.68. The summed E-state index contributed by atoms with van der Waals surface area (Å²) in [6.45, 7) is 2.20. The van der Waals surface area contributed by atoms with E-state index in [1.165, 1.54) is 27.4 Å². The van der Waals surface area contributed by atoms with E-state index in [-0.39, 0.29) is 5.91 Å². The SMILES string of the molecule is COc1cc(NC(=O)/C=C/c2ccc(C3CC3C)o2)cc(OC)c1OC. The first-order chi connectivity index (χ1) is 12.5. The number of hydrogen-bond donors (Lipinski definition) is 1. The van der Waals surface area contributed by atoms with Crippen molar-refractivity contribution in [3.63, 3.8) is 0 Å². The maximum Gasteiger partial charge on any atom is 0.248 e. The van der Waals surface area contributed by atoms with Crippen molar-refractivity contribution in [1.29, 1.82) is 0 Å². The average molecular weight is 357 g/mol. The highest BCUT2D eigenvalue weighted by molar-refractivity contribution is 6.02. The van der Waals surface area contributed by atoms with Gasteiger partial charge in [-0.05, 0) is 30.5 Å². The number of carbonyl (C=O) groups is 1. The van der Waals surface area contributed by atoms with Gasteiger partial charge in [0.1, 0.15) is 11.5 Å². The molecule has 1 heterocycles. The first-order valence-corrected chi connectivity index (χ1v) is 8.44. The second-order valence-electron chi connectivity index (χ2n) is 6.30. The highest BCUT2D eigenvalue weighted by Crippen LogP contribution is 2.47. The van der Waals surface area contributed by atoms with Crippen molar-refractivity contribution in [1.82, 2.24) is 0 Å². The van der Waals surface area contributed by atoms with Crippen LogP contribution in [0.25, 0.3) is 6.08 Å². The molecular weight excluding hydrogens is 334 g/mol. The van der Waals surface area contributed by atoms with Crippen molar-refractivity contribution in [3.8, 4) is 17.2 Å². The standard InChI is InChI=1S/C20H23NO5/c1-12-9-15(12)16-7-5-14(26-16)6-8-19(22)21-13-10-17(23-2)20(25-4)18(11-13)24-3/h5-8,10-12,15H,9H2,1-4H3,(H,21,22)/b8-6+. The lowest BCUT2D eigenvalue weighted by Gasteiger charge is -2.14. The molecule has 1 amide bonds. The van der Waals surface area contributed by atoms with Crippen molar-refractivity contribution in [2.75, 3.05) is 26.6 Å². The predicted molar refractivity (Wildman–Crippen MR) is 99.0 cm³/mol. The lowest BCUT2D eigenvalue weighted by Crippen LogP contribution is -2.08. The largest absolute Gasteiger partial charge is 0.493 e. The topological polar surface area (TPSA) is 69.9 Å². The summed E-state index contributed by atoms with van der Waals surface area (Å²) < 4.78 is 21.6. The number of nitrogens with one attached hydrogen (secondary N) is 1. The van der Waals surface area contributed by atoms with Gasteiger partial charge in [-0.3, -0.25) is 4.79 Å². The van der Waals surface area contributed by atoms with Gasteiger partial charge in [-0.15, -0.1) is 0 Å². The summed E-state index contributed by atoms with van der Waals surface area (Å²) in [5, 5.41) is 2.78. The van der Waals surface area contributed by atoms with Gasteiger partial charge >= 0.3 is 0 Å². The highest BCUT2D eigenvalue weighted by Gasteiger charge is 2.36. The van der Waals surface area contributed by atoms with E-state index in [0.29, 0.717) is 40.5 Å². The first kappa shape index (κ1) is 17.9. The maximum absolute atomic E-state index is 12.2. The van der Waals surface area contributed by atoms with Gasteiger partial charge in [-0.2, -0.15) is 0 Å².